The standard InChI is InChI=1S/C14H28O2/c1-3-5-7-8-9-10-12-14(16)13(15)11-6-4-2/h8-9,13-16H,3-7,10-12H2,1-2H3/b9-8-/t13-,14-/m1/s1. The largest absolute Gasteiger partial charge is 0.390 e. The highest BCUT2D eigenvalue weighted by molar-refractivity contribution is 4.83. The fourth-order valence-electron chi connectivity index (χ4n) is 1.62. The summed E-state index contributed by atoms with van der Waals surface area (Å²) in [6.45, 7) is 4.28. The van der Waals surface area contributed by atoms with Crippen molar-refractivity contribution in [2.75, 3.05) is 0 Å². The van der Waals surface area contributed by atoms with Crippen LogP contribution in [0.2, 0.25) is 0 Å². The molecule has 2 N–H and O–H groups in total. The predicted octanol–water partition coefficient (Wildman–Crippen LogP) is 3.43. The van der Waals surface area contributed by atoms with Gasteiger partial charge in [-0.05, 0) is 25.7 Å². The fourth-order valence-corrected chi connectivity index (χ4v) is 1.62. The highest BCUT2D eigenvalue weighted by Crippen LogP contribution is 2.10. The van der Waals surface area contributed by atoms with Gasteiger partial charge in [0, 0.05) is 0 Å². The van der Waals surface area contributed by atoms with E-state index in [0.717, 1.165) is 32.1 Å². The first-order valence-electron chi connectivity index (χ1n) is 6.73. The van der Waals surface area contributed by atoms with Crippen molar-refractivity contribution in [1.29, 1.82) is 0 Å². The molecule has 0 saturated carbocycles. The molecule has 0 radical (unpaired) electrons. The van der Waals surface area contributed by atoms with Crippen molar-refractivity contribution in [3.05, 3.63) is 12.2 Å². The van der Waals surface area contributed by atoms with Crippen LogP contribution in [0.3, 0.4) is 0 Å². The number of allylic oxidation sites excluding steroid dienone is 2. The summed E-state index contributed by atoms with van der Waals surface area (Å²) in [6, 6.07) is 0. The van der Waals surface area contributed by atoms with E-state index >= 15 is 0 Å². The molecule has 2 atom stereocenters. The minimum absolute atomic E-state index is 0.538. The van der Waals surface area contributed by atoms with Crippen molar-refractivity contribution in [3.8, 4) is 0 Å². The molecule has 0 aromatic heterocycles. The molecule has 0 amide bonds. The lowest BCUT2D eigenvalue weighted by molar-refractivity contribution is 0.00937. The van der Waals surface area contributed by atoms with E-state index in [9.17, 15) is 10.2 Å². The lowest BCUT2D eigenvalue weighted by Crippen LogP contribution is -2.25. The van der Waals surface area contributed by atoms with Crippen LogP contribution < -0.4 is 0 Å². The molecule has 0 aromatic rings. The molecular weight excluding hydrogens is 200 g/mol. The van der Waals surface area contributed by atoms with E-state index in [2.05, 4.69) is 26.0 Å². The molecule has 2 heteroatoms. The van der Waals surface area contributed by atoms with Crippen LogP contribution in [-0.4, -0.2) is 22.4 Å². The summed E-state index contributed by atoms with van der Waals surface area (Å²) < 4.78 is 0. The number of unbranched alkanes of at least 4 members (excludes halogenated alkanes) is 3. The molecule has 0 heterocycles. The van der Waals surface area contributed by atoms with E-state index in [4.69, 9.17) is 0 Å². The van der Waals surface area contributed by atoms with Crippen LogP contribution in [-0.2, 0) is 0 Å². The van der Waals surface area contributed by atoms with Gasteiger partial charge >= 0.3 is 0 Å². The zero-order valence-corrected chi connectivity index (χ0v) is 10.9. The third kappa shape index (κ3) is 8.93. The van der Waals surface area contributed by atoms with Gasteiger partial charge in [-0.25, -0.2) is 0 Å². The zero-order chi connectivity index (χ0) is 12.2. The third-order valence-electron chi connectivity index (χ3n) is 2.82. The first kappa shape index (κ1) is 15.7. The molecule has 2 nitrogen and oxygen atoms in total. The molecule has 0 bridgehead atoms. The van der Waals surface area contributed by atoms with Gasteiger partial charge in [0.15, 0.2) is 0 Å². The van der Waals surface area contributed by atoms with E-state index in [1.807, 2.05) is 0 Å². The van der Waals surface area contributed by atoms with Crippen LogP contribution >= 0.6 is 0 Å². The molecule has 0 aliphatic heterocycles. The molecule has 0 aliphatic carbocycles. The van der Waals surface area contributed by atoms with Gasteiger partial charge in [-0.15, -0.1) is 0 Å². The Hall–Kier alpha value is -0.340. The minimum Gasteiger partial charge on any atom is -0.390 e. The molecule has 0 fully saturated rings. The Kier molecular flexibility index (Phi) is 10.9. The summed E-state index contributed by atoms with van der Waals surface area (Å²) in [4.78, 5) is 0. The lowest BCUT2D eigenvalue weighted by atomic mass is 10.0. The van der Waals surface area contributed by atoms with Gasteiger partial charge in [0.2, 0.25) is 0 Å². The van der Waals surface area contributed by atoms with Gasteiger partial charge in [-0.1, -0.05) is 51.7 Å². The molecule has 0 saturated heterocycles. The van der Waals surface area contributed by atoms with Crippen molar-refractivity contribution in [3.63, 3.8) is 0 Å². The second-order valence-electron chi connectivity index (χ2n) is 4.47. The number of aliphatic hydroxyl groups is 2. The van der Waals surface area contributed by atoms with Crippen LogP contribution in [0.1, 0.15) is 65.2 Å². The van der Waals surface area contributed by atoms with Gasteiger partial charge in [0.25, 0.3) is 0 Å². The average Bonchev–Trinajstić information content (AvgIpc) is 2.30. The fraction of sp³-hybridized carbons (Fsp3) is 0.857. The van der Waals surface area contributed by atoms with Gasteiger partial charge in [0.1, 0.15) is 0 Å². The van der Waals surface area contributed by atoms with E-state index < -0.39 is 12.2 Å². The van der Waals surface area contributed by atoms with E-state index in [1.165, 1.54) is 12.8 Å². The third-order valence-corrected chi connectivity index (χ3v) is 2.82. The Morgan fingerprint density at radius 1 is 0.812 bits per heavy atom. The maximum absolute atomic E-state index is 9.66. The Balaban J connectivity index is 3.48. The zero-order valence-electron chi connectivity index (χ0n) is 10.9. The second-order valence-corrected chi connectivity index (χ2v) is 4.47. The van der Waals surface area contributed by atoms with Gasteiger partial charge in [-0.3, -0.25) is 0 Å². The number of rotatable bonds is 10. The summed E-state index contributed by atoms with van der Waals surface area (Å²) in [5.41, 5.74) is 0. The van der Waals surface area contributed by atoms with Crippen LogP contribution in [0.5, 0.6) is 0 Å². The molecule has 0 aromatic carbocycles. The Morgan fingerprint density at radius 3 is 2.00 bits per heavy atom. The highest BCUT2D eigenvalue weighted by atomic mass is 16.3. The number of aliphatic hydroxyl groups excluding tert-OH is 2. The lowest BCUT2D eigenvalue weighted by Gasteiger charge is -2.16. The molecule has 0 spiro atoms. The summed E-state index contributed by atoms with van der Waals surface area (Å²) in [7, 11) is 0. The minimum atomic E-state index is -0.553. The van der Waals surface area contributed by atoms with Crippen molar-refractivity contribution in [2.45, 2.75) is 77.4 Å². The van der Waals surface area contributed by atoms with E-state index in [0.29, 0.717) is 6.42 Å². The molecule has 96 valence electrons. The molecule has 0 rings (SSSR count). The summed E-state index contributed by atoms with van der Waals surface area (Å²) >= 11 is 0. The first-order valence-corrected chi connectivity index (χ1v) is 6.73. The van der Waals surface area contributed by atoms with Crippen LogP contribution in [0.4, 0.5) is 0 Å². The van der Waals surface area contributed by atoms with Crippen LogP contribution in [0.15, 0.2) is 12.2 Å². The summed E-state index contributed by atoms with van der Waals surface area (Å²) in [6.07, 6.45) is 11.1. The van der Waals surface area contributed by atoms with Crippen molar-refractivity contribution in [1.82, 2.24) is 0 Å². The molecule has 16 heavy (non-hydrogen) atoms. The highest BCUT2D eigenvalue weighted by Gasteiger charge is 2.13. The normalized spacial score (nSPS) is 15.5. The second kappa shape index (κ2) is 11.2. The summed E-state index contributed by atoms with van der Waals surface area (Å²) in [5.74, 6) is 0. The number of hydrogen-bond acceptors (Lipinski definition) is 2. The molecule has 0 aliphatic rings. The van der Waals surface area contributed by atoms with Gasteiger partial charge in [-0.2, -0.15) is 0 Å². The molecular formula is C14H28O2. The topological polar surface area (TPSA) is 40.5 Å². The SMILES string of the molecule is CCCC/C=C\CC[C@@H](O)[C@H](O)CCCC. The van der Waals surface area contributed by atoms with E-state index in [-0.39, 0.29) is 0 Å². The van der Waals surface area contributed by atoms with E-state index in [1.54, 1.807) is 0 Å². The van der Waals surface area contributed by atoms with Gasteiger partial charge < -0.3 is 10.2 Å². The Labute approximate surface area is 100 Å². The Bertz CT molecular complexity index is 166. The summed E-state index contributed by atoms with van der Waals surface area (Å²) in [5, 5.41) is 19.3. The van der Waals surface area contributed by atoms with Crippen LogP contribution in [0.25, 0.3) is 0 Å². The molecule has 0 unspecified atom stereocenters. The Morgan fingerprint density at radius 2 is 1.38 bits per heavy atom. The number of hydrogen-bond donors (Lipinski definition) is 2. The first-order chi connectivity index (χ1) is 7.72. The van der Waals surface area contributed by atoms with Crippen LogP contribution in [0, 0.1) is 0 Å². The van der Waals surface area contributed by atoms with Crippen molar-refractivity contribution >= 4 is 0 Å². The predicted molar refractivity (Wildman–Crippen MR) is 69.4 cm³/mol. The van der Waals surface area contributed by atoms with Crippen molar-refractivity contribution < 1.29 is 10.2 Å². The smallest absolute Gasteiger partial charge is 0.0802 e. The maximum Gasteiger partial charge on any atom is 0.0802 e. The van der Waals surface area contributed by atoms with Crippen molar-refractivity contribution in [2.24, 2.45) is 0 Å². The maximum atomic E-state index is 9.66. The van der Waals surface area contributed by atoms with Gasteiger partial charge in [0.05, 0.1) is 12.2 Å². The quantitative estimate of drug-likeness (QED) is 0.444. The average molecular weight is 228 g/mol. The monoisotopic (exact) mass is 228 g/mol.